The van der Waals surface area contributed by atoms with E-state index in [1.807, 2.05) is 30.3 Å². The summed E-state index contributed by atoms with van der Waals surface area (Å²) >= 11 is 0. The van der Waals surface area contributed by atoms with Gasteiger partial charge in [0.1, 0.15) is 12.4 Å². The number of fused-ring (bicyclic) bond motifs is 1. The molecule has 1 atom stereocenters. The van der Waals surface area contributed by atoms with Gasteiger partial charge in [-0.3, -0.25) is 9.69 Å². The van der Waals surface area contributed by atoms with Gasteiger partial charge in [0, 0.05) is 29.2 Å². The van der Waals surface area contributed by atoms with E-state index in [1.165, 1.54) is 17.0 Å². The van der Waals surface area contributed by atoms with E-state index in [-0.39, 0.29) is 18.2 Å². The van der Waals surface area contributed by atoms with Crippen molar-refractivity contribution < 1.29 is 18.7 Å². The van der Waals surface area contributed by atoms with E-state index in [0.717, 1.165) is 12.0 Å². The molecule has 1 fully saturated rings. The molecule has 0 spiro atoms. The maximum atomic E-state index is 13.4. The summed E-state index contributed by atoms with van der Waals surface area (Å²) in [5, 5.41) is 0.658. The van der Waals surface area contributed by atoms with Crippen molar-refractivity contribution in [2.24, 2.45) is 0 Å². The normalized spacial score (nSPS) is 16.6. The Hall–Kier alpha value is -3.15. The molecule has 5 nitrogen and oxygen atoms in total. The Bertz CT molecular complexity index is 984. The van der Waals surface area contributed by atoms with Crippen LogP contribution in [0.5, 0.6) is 0 Å². The monoisotopic (exact) mass is 366 g/mol. The van der Waals surface area contributed by atoms with Gasteiger partial charge in [-0.2, -0.15) is 0 Å². The van der Waals surface area contributed by atoms with Crippen LogP contribution >= 0.6 is 0 Å². The first-order valence-electron chi connectivity index (χ1n) is 8.91. The number of halogens is 1. The second-order valence-corrected chi connectivity index (χ2v) is 6.65. The molecule has 1 aliphatic heterocycles. The fraction of sp³-hybridized carbons (Fsp3) is 0.238. The summed E-state index contributed by atoms with van der Waals surface area (Å²) in [4.78, 5) is 30.0. The van der Waals surface area contributed by atoms with Crippen LogP contribution in [0.4, 0.5) is 9.18 Å². The number of hydrogen-bond acceptors (Lipinski definition) is 3. The maximum absolute atomic E-state index is 13.4. The third-order valence-corrected chi connectivity index (χ3v) is 4.90. The predicted molar refractivity (Wildman–Crippen MR) is 98.9 cm³/mol. The third-order valence-electron chi connectivity index (χ3n) is 4.90. The molecule has 0 radical (unpaired) electrons. The van der Waals surface area contributed by atoms with Gasteiger partial charge in [0.25, 0.3) is 0 Å². The Kier molecular flexibility index (Phi) is 4.62. The average molecular weight is 366 g/mol. The number of H-pyrrole nitrogens is 1. The zero-order valence-electron chi connectivity index (χ0n) is 14.7. The minimum absolute atomic E-state index is 0.151. The van der Waals surface area contributed by atoms with Gasteiger partial charge in [-0.05, 0) is 36.6 Å². The van der Waals surface area contributed by atoms with E-state index in [2.05, 4.69) is 4.98 Å². The highest BCUT2D eigenvalue weighted by Gasteiger charge is 2.36. The topological polar surface area (TPSA) is 62.4 Å². The molecule has 2 heterocycles. The lowest BCUT2D eigenvalue weighted by molar-refractivity contribution is 0.0739. The first-order valence-corrected chi connectivity index (χ1v) is 8.91. The van der Waals surface area contributed by atoms with Crippen molar-refractivity contribution in [2.75, 3.05) is 6.54 Å². The second-order valence-electron chi connectivity index (χ2n) is 6.65. The van der Waals surface area contributed by atoms with E-state index >= 15 is 0 Å². The Morgan fingerprint density at radius 1 is 1.19 bits per heavy atom. The summed E-state index contributed by atoms with van der Waals surface area (Å²) in [6.07, 6.45) is 2.43. The number of carbonyl (C=O) groups is 2. The molecule has 1 amide bonds. The van der Waals surface area contributed by atoms with Crippen molar-refractivity contribution >= 4 is 22.8 Å². The molecule has 1 aromatic heterocycles. The van der Waals surface area contributed by atoms with Gasteiger partial charge in [-0.15, -0.1) is 0 Å². The summed E-state index contributed by atoms with van der Waals surface area (Å²) in [6.45, 7) is 0.657. The van der Waals surface area contributed by atoms with Gasteiger partial charge >= 0.3 is 6.09 Å². The van der Waals surface area contributed by atoms with Crippen LogP contribution in [0.1, 0.15) is 28.8 Å². The van der Waals surface area contributed by atoms with Crippen LogP contribution in [0.2, 0.25) is 0 Å². The molecular formula is C21H19FN2O3. The molecule has 1 saturated heterocycles. The average Bonchev–Trinajstić information content (AvgIpc) is 3.33. The van der Waals surface area contributed by atoms with Crippen molar-refractivity contribution in [1.82, 2.24) is 9.88 Å². The molecule has 0 unspecified atom stereocenters. The molecular weight excluding hydrogens is 347 g/mol. The highest BCUT2D eigenvalue weighted by molar-refractivity contribution is 6.11. The fourth-order valence-electron chi connectivity index (χ4n) is 3.54. The lowest BCUT2D eigenvalue weighted by atomic mass is 10.0. The number of Topliss-reactive ketones (excluding diaryl/α,β-unsaturated/α-hetero) is 1. The predicted octanol–water partition coefficient (Wildman–Crippen LogP) is 4.29. The third kappa shape index (κ3) is 3.43. The molecule has 4 rings (SSSR count). The lowest BCUT2D eigenvalue weighted by Gasteiger charge is -2.23. The Morgan fingerprint density at radius 3 is 2.81 bits per heavy atom. The summed E-state index contributed by atoms with van der Waals surface area (Å²) in [7, 11) is 0. The van der Waals surface area contributed by atoms with Gasteiger partial charge < -0.3 is 9.72 Å². The number of nitrogens with zero attached hydrogens (tertiary/aromatic N) is 1. The van der Waals surface area contributed by atoms with E-state index in [0.29, 0.717) is 29.4 Å². The Balaban J connectivity index is 1.50. The Morgan fingerprint density at radius 2 is 2.00 bits per heavy atom. The molecule has 2 aromatic carbocycles. The van der Waals surface area contributed by atoms with Crippen molar-refractivity contribution in [3.8, 4) is 0 Å². The van der Waals surface area contributed by atoms with Crippen LogP contribution in [-0.2, 0) is 11.3 Å². The van der Waals surface area contributed by atoms with Crippen LogP contribution in [0.25, 0.3) is 10.9 Å². The molecule has 27 heavy (non-hydrogen) atoms. The second kappa shape index (κ2) is 7.23. The smallest absolute Gasteiger partial charge is 0.410 e. The van der Waals surface area contributed by atoms with Gasteiger partial charge in [0.15, 0.2) is 5.78 Å². The number of benzene rings is 2. The quantitative estimate of drug-likeness (QED) is 0.701. The largest absolute Gasteiger partial charge is 0.445 e. The minimum Gasteiger partial charge on any atom is -0.445 e. The van der Waals surface area contributed by atoms with Crippen molar-refractivity contribution in [3.63, 3.8) is 0 Å². The lowest BCUT2D eigenvalue weighted by Crippen LogP contribution is -2.40. The van der Waals surface area contributed by atoms with E-state index in [4.69, 9.17) is 4.74 Å². The molecule has 0 bridgehead atoms. The minimum atomic E-state index is -0.558. The van der Waals surface area contributed by atoms with Crippen LogP contribution in [0.15, 0.2) is 54.7 Å². The van der Waals surface area contributed by atoms with Gasteiger partial charge in [0.05, 0.1) is 6.04 Å². The summed E-state index contributed by atoms with van der Waals surface area (Å²) in [6, 6.07) is 13.1. The van der Waals surface area contributed by atoms with Crippen LogP contribution in [0.3, 0.4) is 0 Å². The number of ketones is 1. The van der Waals surface area contributed by atoms with Crippen molar-refractivity contribution in [1.29, 1.82) is 0 Å². The molecule has 138 valence electrons. The van der Waals surface area contributed by atoms with Crippen molar-refractivity contribution in [2.45, 2.75) is 25.5 Å². The number of aromatic amines is 1. The first-order chi connectivity index (χ1) is 13.1. The van der Waals surface area contributed by atoms with E-state index < -0.39 is 12.1 Å². The van der Waals surface area contributed by atoms with Crippen LogP contribution in [0, 0.1) is 5.82 Å². The molecule has 3 aromatic rings. The van der Waals surface area contributed by atoms with Crippen molar-refractivity contribution in [3.05, 3.63) is 71.7 Å². The SMILES string of the molecule is O=C(c1c[nH]c2cc(F)ccc12)[C@@H]1CCCN1C(=O)OCc1ccccc1. The number of aromatic nitrogens is 1. The fourth-order valence-corrected chi connectivity index (χ4v) is 3.54. The number of rotatable bonds is 4. The van der Waals surface area contributed by atoms with Gasteiger partial charge in [-0.25, -0.2) is 9.18 Å². The number of amides is 1. The highest BCUT2D eigenvalue weighted by atomic mass is 19.1. The number of hydrogen-bond donors (Lipinski definition) is 1. The van der Waals surface area contributed by atoms with Crippen LogP contribution < -0.4 is 0 Å². The standard InChI is InChI=1S/C21H19FN2O3/c22-15-8-9-16-17(12-23-18(16)11-15)20(25)19-7-4-10-24(19)21(26)27-13-14-5-2-1-3-6-14/h1-3,5-6,8-9,11-12,19,23H,4,7,10,13H2/t19-/m0/s1. The molecule has 1 aliphatic rings. The van der Waals surface area contributed by atoms with Crippen LogP contribution in [-0.4, -0.2) is 34.3 Å². The highest BCUT2D eigenvalue weighted by Crippen LogP contribution is 2.26. The number of carbonyl (C=O) groups excluding carboxylic acids is 2. The maximum Gasteiger partial charge on any atom is 0.410 e. The molecule has 6 heteroatoms. The summed E-state index contributed by atoms with van der Waals surface area (Å²) in [5.74, 6) is -0.516. The van der Waals surface area contributed by atoms with E-state index in [1.54, 1.807) is 12.3 Å². The molecule has 1 N–H and O–H groups in total. The summed E-state index contributed by atoms with van der Waals surface area (Å²) in [5.41, 5.74) is 1.93. The number of likely N-dealkylation sites (tertiary alicyclic amines) is 1. The number of nitrogens with one attached hydrogen (secondary N) is 1. The van der Waals surface area contributed by atoms with E-state index in [9.17, 15) is 14.0 Å². The summed E-state index contributed by atoms with van der Waals surface area (Å²) < 4.78 is 18.8. The molecule has 0 saturated carbocycles. The van der Waals surface area contributed by atoms with Gasteiger partial charge in [0.2, 0.25) is 0 Å². The first kappa shape index (κ1) is 17.3. The zero-order valence-corrected chi connectivity index (χ0v) is 14.7. The molecule has 0 aliphatic carbocycles. The van der Waals surface area contributed by atoms with Gasteiger partial charge in [-0.1, -0.05) is 30.3 Å². The zero-order chi connectivity index (χ0) is 18.8. The number of ether oxygens (including phenoxy) is 1. The Labute approximate surface area is 155 Å².